The summed E-state index contributed by atoms with van der Waals surface area (Å²) in [5.74, 6) is -1.75. The highest BCUT2D eigenvalue weighted by molar-refractivity contribution is 6.09. The van der Waals surface area contributed by atoms with Gasteiger partial charge >= 0.3 is 12.0 Å². The molecule has 9 heteroatoms. The van der Waals surface area contributed by atoms with E-state index in [0.29, 0.717) is 16.9 Å². The first-order valence-electron chi connectivity index (χ1n) is 9.45. The van der Waals surface area contributed by atoms with Crippen LogP contribution < -0.4 is 16.0 Å². The van der Waals surface area contributed by atoms with Gasteiger partial charge < -0.3 is 25.6 Å². The number of carbonyl (C=O) groups excluding carboxylic acids is 2. The Balaban J connectivity index is 1.89. The summed E-state index contributed by atoms with van der Waals surface area (Å²) in [4.78, 5) is 36.3. The fourth-order valence-corrected chi connectivity index (χ4v) is 3.14. The summed E-state index contributed by atoms with van der Waals surface area (Å²) >= 11 is 0. The van der Waals surface area contributed by atoms with E-state index in [1.807, 2.05) is 19.9 Å². The Bertz CT molecular complexity index is 1240. The van der Waals surface area contributed by atoms with Crippen molar-refractivity contribution < 1.29 is 19.5 Å². The van der Waals surface area contributed by atoms with Crippen LogP contribution in [-0.4, -0.2) is 33.6 Å². The number of benzene rings is 2. The van der Waals surface area contributed by atoms with Crippen molar-refractivity contribution in [2.24, 2.45) is 7.05 Å². The quantitative estimate of drug-likeness (QED) is 0.501. The van der Waals surface area contributed by atoms with Gasteiger partial charge in [0.15, 0.2) is 0 Å². The van der Waals surface area contributed by atoms with E-state index >= 15 is 0 Å². The van der Waals surface area contributed by atoms with Crippen molar-refractivity contribution in [1.82, 2.24) is 9.88 Å². The van der Waals surface area contributed by atoms with Crippen molar-refractivity contribution in [2.75, 3.05) is 10.6 Å². The summed E-state index contributed by atoms with van der Waals surface area (Å²) in [6, 6.07) is 12.5. The molecule has 0 spiro atoms. The number of carboxylic acid groups (broad SMARTS) is 1. The molecule has 4 N–H and O–H groups in total. The maximum absolute atomic E-state index is 12.8. The normalized spacial score (nSPS) is 10.5. The Hall–Kier alpha value is -4.32. The largest absolute Gasteiger partial charge is 0.478 e. The second-order valence-corrected chi connectivity index (χ2v) is 7.25. The Labute approximate surface area is 178 Å². The summed E-state index contributed by atoms with van der Waals surface area (Å²) in [5, 5.41) is 27.2. The molecule has 0 radical (unpaired) electrons. The molecule has 3 aromatic rings. The first-order chi connectivity index (χ1) is 14.7. The Morgan fingerprint density at radius 2 is 1.81 bits per heavy atom. The molecular weight excluding hydrogens is 398 g/mol. The van der Waals surface area contributed by atoms with Gasteiger partial charge in [0.2, 0.25) is 0 Å². The van der Waals surface area contributed by atoms with E-state index in [9.17, 15) is 19.5 Å². The van der Waals surface area contributed by atoms with Gasteiger partial charge in [0.1, 0.15) is 5.69 Å². The number of hydrogen-bond donors (Lipinski definition) is 4. The number of carboxylic acids is 1. The van der Waals surface area contributed by atoms with Crippen LogP contribution in [0.3, 0.4) is 0 Å². The molecule has 1 aromatic heterocycles. The first kappa shape index (κ1) is 21.4. The standard InChI is InChI=1S/C22H21N5O4/c1-12(2)24-22(31)25-15-6-5-14-9-19(27(3)18(14)10-15)20(28)26-17-7-4-13(11-23)8-16(17)21(29)30/h4-10,12H,1-3H3,(H,26,28)(H,29,30)(H2,24,25,31). The molecule has 0 aliphatic rings. The predicted octanol–water partition coefficient (Wildman–Crippen LogP) is 3.53. The molecule has 0 saturated carbocycles. The minimum Gasteiger partial charge on any atom is -0.478 e. The fraction of sp³-hybridized carbons (Fsp3) is 0.182. The van der Waals surface area contributed by atoms with Crippen molar-refractivity contribution in [3.8, 4) is 6.07 Å². The van der Waals surface area contributed by atoms with Crippen LogP contribution in [0.25, 0.3) is 10.9 Å². The highest BCUT2D eigenvalue weighted by Crippen LogP contribution is 2.24. The van der Waals surface area contributed by atoms with E-state index in [2.05, 4.69) is 16.0 Å². The van der Waals surface area contributed by atoms with Crippen LogP contribution in [0, 0.1) is 11.3 Å². The lowest BCUT2D eigenvalue weighted by Crippen LogP contribution is -2.34. The third kappa shape index (κ3) is 4.64. The number of amides is 3. The lowest BCUT2D eigenvalue weighted by Gasteiger charge is -2.11. The summed E-state index contributed by atoms with van der Waals surface area (Å²) in [6.07, 6.45) is 0. The van der Waals surface area contributed by atoms with E-state index in [1.165, 1.54) is 18.2 Å². The molecule has 0 bridgehead atoms. The lowest BCUT2D eigenvalue weighted by atomic mass is 10.1. The molecule has 0 fully saturated rings. The number of fused-ring (bicyclic) bond motifs is 1. The summed E-state index contributed by atoms with van der Waals surface area (Å²) in [6.45, 7) is 3.71. The maximum Gasteiger partial charge on any atom is 0.337 e. The molecule has 3 rings (SSSR count). The van der Waals surface area contributed by atoms with E-state index in [4.69, 9.17) is 5.26 Å². The fourth-order valence-electron chi connectivity index (χ4n) is 3.14. The van der Waals surface area contributed by atoms with Gasteiger partial charge in [-0.1, -0.05) is 6.07 Å². The molecule has 0 aliphatic carbocycles. The molecule has 1 heterocycles. The van der Waals surface area contributed by atoms with Crippen molar-refractivity contribution in [3.05, 3.63) is 59.3 Å². The van der Waals surface area contributed by atoms with Gasteiger partial charge in [-0.15, -0.1) is 0 Å². The Morgan fingerprint density at radius 1 is 1.06 bits per heavy atom. The third-order valence-electron chi connectivity index (χ3n) is 4.58. The molecule has 9 nitrogen and oxygen atoms in total. The number of aromatic carboxylic acids is 1. The van der Waals surface area contributed by atoms with Gasteiger partial charge in [-0.05, 0) is 50.2 Å². The maximum atomic E-state index is 12.8. The van der Waals surface area contributed by atoms with Crippen LogP contribution in [0.4, 0.5) is 16.2 Å². The second kappa shape index (κ2) is 8.59. The minimum atomic E-state index is -1.25. The number of urea groups is 1. The van der Waals surface area contributed by atoms with E-state index < -0.39 is 11.9 Å². The van der Waals surface area contributed by atoms with E-state index in [1.54, 1.807) is 35.9 Å². The molecule has 0 atom stereocenters. The molecule has 0 aliphatic heterocycles. The number of anilines is 2. The third-order valence-corrected chi connectivity index (χ3v) is 4.58. The van der Waals surface area contributed by atoms with Gasteiger partial charge in [-0.25, -0.2) is 9.59 Å². The highest BCUT2D eigenvalue weighted by Gasteiger charge is 2.18. The van der Waals surface area contributed by atoms with Gasteiger partial charge in [0.25, 0.3) is 5.91 Å². The van der Waals surface area contributed by atoms with Crippen molar-refractivity contribution >= 4 is 40.2 Å². The summed E-state index contributed by atoms with van der Waals surface area (Å²) in [5.41, 5.74) is 1.69. The van der Waals surface area contributed by atoms with Gasteiger partial charge in [-0.2, -0.15) is 5.26 Å². The van der Waals surface area contributed by atoms with Crippen LogP contribution in [0.5, 0.6) is 0 Å². The number of rotatable bonds is 5. The Kier molecular flexibility index (Phi) is 5.93. The van der Waals surface area contributed by atoms with Crippen molar-refractivity contribution in [2.45, 2.75) is 19.9 Å². The second-order valence-electron chi connectivity index (χ2n) is 7.25. The Morgan fingerprint density at radius 3 is 2.45 bits per heavy atom. The number of nitrogens with one attached hydrogen (secondary N) is 3. The monoisotopic (exact) mass is 419 g/mol. The average Bonchev–Trinajstić information content (AvgIpc) is 3.03. The first-order valence-corrected chi connectivity index (χ1v) is 9.45. The number of aryl methyl sites for hydroxylation is 1. The van der Waals surface area contributed by atoms with Crippen LogP contribution in [-0.2, 0) is 7.05 Å². The average molecular weight is 419 g/mol. The number of aromatic nitrogens is 1. The predicted molar refractivity (Wildman–Crippen MR) is 116 cm³/mol. The SMILES string of the molecule is CC(C)NC(=O)Nc1ccc2cc(C(=O)Nc3ccc(C#N)cc3C(=O)O)n(C)c2c1. The van der Waals surface area contributed by atoms with Gasteiger partial charge in [0, 0.05) is 24.2 Å². The molecule has 0 unspecified atom stereocenters. The molecule has 158 valence electrons. The van der Waals surface area contributed by atoms with E-state index in [-0.39, 0.29) is 28.9 Å². The minimum absolute atomic E-state index is 0.00742. The number of nitrogens with zero attached hydrogens (tertiary/aromatic N) is 2. The molecule has 3 amide bonds. The number of carbonyl (C=O) groups is 3. The van der Waals surface area contributed by atoms with Crippen LogP contribution in [0.15, 0.2) is 42.5 Å². The molecular formula is C22H21N5O4. The molecule has 2 aromatic carbocycles. The number of hydrogen-bond acceptors (Lipinski definition) is 4. The van der Waals surface area contributed by atoms with Gasteiger partial charge in [-0.3, -0.25) is 4.79 Å². The molecule has 0 saturated heterocycles. The molecule has 31 heavy (non-hydrogen) atoms. The van der Waals surface area contributed by atoms with Crippen molar-refractivity contribution in [3.63, 3.8) is 0 Å². The number of nitriles is 1. The highest BCUT2D eigenvalue weighted by atomic mass is 16.4. The smallest absolute Gasteiger partial charge is 0.337 e. The zero-order valence-electron chi connectivity index (χ0n) is 17.2. The van der Waals surface area contributed by atoms with Crippen molar-refractivity contribution in [1.29, 1.82) is 5.26 Å². The zero-order chi connectivity index (χ0) is 22.7. The summed E-state index contributed by atoms with van der Waals surface area (Å²) < 4.78 is 1.65. The van der Waals surface area contributed by atoms with Gasteiger partial charge in [0.05, 0.1) is 28.4 Å². The van der Waals surface area contributed by atoms with Crippen LogP contribution >= 0.6 is 0 Å². The summed E-state index contributed by atoms with van der Waals surface area (Å²) in [7, 11) is 1.70. The van der Waals surface area contributed by atoms with E-state index in [0.717, 1.165) is 5.39 Å². The lowest BCUT2D eigenvalue weighted by molar-refractivity contribution is 0.0698. The van der Waals surface area contributed by atoms with Crippen LogP contribution in [0.2, 0.25) is 0 Å². The zero-order valence-corrected chi connectivity index (χ0v) is 17.2. The topological polar surface area (TPSA) is 136 Å². The van der Waals surface area contributed by atoms with Crippen LogP contribution in [0.1, 0.15) is 40.3 Å².